The summed E-state index contributed by atoms with van der Waals surface area (Å²) in [5.74, 6) is -0.0257. The second-order valence-corrected chi connectivity index (χ2v) is 4.48. The van der Waals surface area contributed by atoms with Crippen LogP contribution in [0, 0.1) is 14.9 Å². The van der Waals surface area contributed by atoms with Crippen LogP contribution in [0.2, 0.25) is 0 Å². The summed E-state index contributed by atoms with van der Waals surface area (Å²) in [5, 5.41) is 8.76. The highest BCUT2D eigenvalue weighted by Crippen LogP contribution is 2.23. The minimum atomic E-state index is -0.0257. The number of Topliss-reactive ketones (excluding diaryl/α,β-unsaturated/α-hetero) is 1. The summed E-state index contributed by atoms with van der Waals surface area (Å²) < 4.78 is 1.48. The Balaban J connectivity index is 3.47. The van der Waals surface area contributed by atoms with Gasteiger partial charge < -0.3 is 0 Å². The molecule has 2 nitrogen and oxygen atoms in total. The van der Waals surface area contributed by atoms with E-state index in [1.807, 2.05) is 28.7 Å². The Labute approximate surface area is 98.2 Å². The first-order valence-electron chi connectivity index (χ1n) is 3.46. The number of ketones is 1. The van der Waals surface area contributed by atoms with Crippen LogP contribution in [-0.4, -0.2) is 5.78 Å². The predicted molar refractivity (Wildman–Crippen MR) is 61.6 cm³/mol. The summed E-state index contributed by atoms with van der Waals surface area (Å²) in [6.45, 7) is 1.49. The van der Waals surface area contributed by atoms with E-state index in [1.54, 1.807) is 12.1 Å². The molecule has 0 atom stereocenters. The topological polar surface area (TPSA) is 40.9 Å². The zero-order chi connectivity index (χ0) is 10.0. The lowest BCUT2D eigenvalue weighted by Gasteiger charge is -2.02. The molecule has 0 amide bonds. The molecular formula is C9H5BrINO. The van der Waals surface area contributed by atoms with Gasteiger partial charge in [0, 0.05) is 13.6 Å². The second-order valence-electron chi connectivity index (χ2n) is 2.48. The fraction of sp³-hybridized carbons (Fsp3) is 0.111. The van der Waals surface area contributed by atoms with Crippen molar-refractivity contribution in [2.45, 2.75) is 6.92 Å². The summed E-state index contributed by atoms with van der Waals surface area (Å²) in [6.07, 6.45) is 0. The van der Waals surface area contributed by atoms with Crippen LogP contribution in [0.4, 0.5) is 0 Å². The minimum absolute atomic E-state index is 0.0257. The van der Waals surface area contributed by atoms with Gasteiger partial charge in [-0.1, -0.05) is 15.9 Å². The highest BCUT2D eigenvalue weighted by atomic mass is 127. The third-order valence-corrected chi connectivity index (χ3v) is 3.16. The van der Waals surface area contributed by atoms with Crippen LogP contribution in [-0.2, 0) is 0 Å². The Bertz CT molecular complexity index is 409. The van der Waals surface area contributed by atoms with Gasteiger partial charge in [0.05, 0.1) is 5.56 Å². The van der Waals surface area contributed by atoms with E-state index in [4.69, 9.17) is 5.26 Å². The summed E-state index contributed by atoms with van der Waals surface area (Å²) >= 11 is 5.26. The molecule has 66 valence electrons. The highest BCUT2D eigenvalue weighted by Gasteiger charge is 2.10. The molecule has 0 fully saturated rings. The van der Waals surface area contributed by atoms with Crippen molar-refractivity contribution in [3.8, 4) is 6.07 Å². The molecule has 4 heteroatoms. The third kappa shape index (κ3) is 2.29. The summed E-state index contributed by atoms with van der Waals surface area (Å²) in [6, 6.07) is 5.47. The van der Waals surface area contributed by atoms with Crippen molar-refractivity contribution < 1.29 is 4.79 Å². The van der Waals surface area contributed by atoms with E-state index in [0.717, 1.165) is 8.04 Å². The van der Waals surface area contributed by atoms with Crippen LogP contribution in [0.25, 0.3) is 0 Å². The van der Waals surface area contributed by atoms with Crippen LogP contribution in [0.5, 0.6) is 0 Å². The highest BCUT2D eigenvalue weighted by molar-refractivity contribution is 14.1. The third-order valence-electron chi connectivity index (χ3n) is 1.54. The van der Waals surface area contributed by atoms with E-state index in [0.29, 0.717) is 11.1 Å². The fourth-order valence-electron chi connectivity index (χ4n) is 0.927. The van der Waals surface area contributed by atoms with Crippen molar-refractivity contribution >= 4 is 44.3 Å². The molecule has 1 aromatic carbocycles. The number of carbonyl (C=O) groups is 1. The molecule has 0 aliphatic carbocycles. The van der Waals surface area contributed by atoms with Gasteiger partial charge >= 0.3 is 0 Å². The molecule has 0 spiro atoms. The van der Waals surface area contributed by atoms with E-state index in [1.165, 1.54) is 6.92 Å². The maximum absolute atomic E-state index is 11.2. The quantitative estimate of drug-likeness (QED) is 0.577. The van der Waals surface area contributed by atoms with Gasteiger partial charge in [0.15, 0.2) is 5.78 Å². The van der Waals surface area contributed by atoms with Gasteiger partial charge in [0.2, 0.25) is 0 Å². The largest absolute Gasteiger partial charge is 0.294 e. The zero-order valence-corrected chi connectivity index (χ0v) is 10.5. The molecule has 0 aliphatic rings. The zero-order valence-electron chi connectivity index (χ0n) is 6.77. The maximum Gasteiger partial charge on any atom is 0.160 e. The van der Waals surface area contributed by atoms with Gasteiger partial charge in [-0.15, -0.1) is 0 Å². The number of halogens is 2. The van der Waals surface area contributed by atoms with Crippen LogP contribution in [0.3, 0.4) is 0 Å². The molecule has 13 heavy (non-hydrogen) atoms. The lowest BCUT2D eigenvalue weighted by atomic mass is 10.1. The molecule has 0 saturated carbocycles. The summed E-state index contributed by atoms with van der Waals surface area (Å²) in [7, 11) is 0. The molecule has 0 N–H and O–H groups in total. The van der Waals surface area contributed by atoms with Crippen molar-refractivity contribution in [2.75, 3.05) is 0 Å². The lowest BCUT2D eigenvalue weighted by Crippen LogP contribution is -1.98. The minimum Gasteiger partial charge on any atom is -0.294 e. The standard InChI is InChI=1S/C9H5BrINO/c1-5(13)8-3-7(10)2-6(4-12)9(8)11/h2-3H,1H3. The smallest absolute Gasteiger partial charge is 0.160 e. The molecule has 0 heterocycles. The first-order chi connectivity index (χ1) is 6.06. The predicted octanol–water partition coefficient (Wildman–Crippen LogP) is 3.13. The number of benzene rings is 1. The van der Waals surface area contributed by atoms with E-state index in [9.17, 15) is 4.79 Å². The summed E-state index contributed by atoms with van der Waals surface area (Å²) in [4.78, 5) is 11.2. The van der Waals surface area contributed by atoms with Crippen molar-refractivity contribution in [1.29, 1.82) is 5.26 Å². The molecule has 0 bridgehead atoms. The van der Waals surface area contributed by atoms with Crippen LogP contribution >= 0.6 is 38.5 Å². The van der Waals surface area contributed by atoms with Crippen LogP contribution in [0.15, 0.2) is 16.6 Å². The number of rotatable bonds is 1. The van der Waals surface area contributed by atoms with Gasteiger partial charge in [-0.3, -0.25) is 4.79 Å². The second kappa shape index (κ2) is 4.20. The molecular weight excluding hydrogens is 345 g/mol. The van der Waals surface area contributed by atoms with Gasteiger partial charge in [-0.05, 0) is 41.6 Å². The van der Waals surface area contributed by atoms with Gasteiger partial charge in [-0.2, -0.15) is 5.26 Å². The molecule has 0 radical (unpaired) electrons. The molecule has 0 unspecified atom stereocenters. The molecule has 0 aromatic heterocycles. The number of hydrogen-bond acceptors (Lipinski definition) is 2. The van der Waals surface area contributed by atoms with E-state index in [-0.39, 0.29) is 5.78 Å². The molecule has 1 rings (SSSR count). The van der Waals surface area contributed by atoms with E-state index in [2.05, 4.69) is 15.9 Å². The number of carbonyl (C=O) groups excluding carboxylic acids is 1. The van der Waals surface area contributed by atoms with Crippen LogP contribution < -0.4 is 0 Å². The van der Waals surface area contributed by atoms with Gasteiger partial charge in [-0.25, -0.2) is 0 Å². The summed E-state index contributed by atoms with van der Waals surface area (Å²) in [5.41, 5.74) is 1.12. The van der Waals surface area contributed by atoms with Crippen molar-refractivity contribution in [3.05, 3.63) is 31.3 Å². The SMILES string of the molecule is CC(=O)c1cc(Br)cc(C#N)c1I. The van der Waals surface area contributed by atoms with E-state index >= 15 is 0 Å². The average molecular weight is 350 g/mol. The Morgan fingerprint density at radius 2 is 2.23 bits per heavy atom. The molecule has 0 saturated heterocycles. The average Bonchev–Trinajstić information content (AvgIpc) is 2.08. The van der Waals surface area contributed by atoms with Crippen molar-refractivity contribution in [3.63, 3.8) is 0 Å². The Kier molecular flexibility index (Phi) is 3.45. The first kappa shape index (κ1) is 10.7. The Morgan fingerprint density at radius 3 is 2.69 bits per heavy atom. The fourth-order valence-corrected chi connectivity index (χ4v) is 2.20. The van der Waals surface area contributed by atoms with Crippen LogP contribution in [0.1, 0.15) is 22.8 Å². The normalized spacial score (nSPS) is 9.38. The van der Waals surface area contributed by atoms with Gasteiger partial charge in [0.1, 0.15) is 6.07 Å². The Hall–Kier alpha value is -0.410. The number of hydrogen-bond donors (Lipinski definition) is 0. The molecule has 1 aromatic rings. The number of nitrogens with zero attached hydrogens (tertiary/aromatic N) is 1. The molecule has 0 aliphatic heterocycles. The monoisotopic (exact) mass is 349 g/mol. The number of nitriles is 1. The van der Waals surface area contributed by atoms with E-state index < -0.39 is 0 Å². The van der Waals surface area contributed by atoms with Gasteiger partial charge in [0.25, 0.3) is 0 Å². The Morgan fingerprint density at radius 1 is 1.62 bits per heavy atom. The van der Waals surface area contributed by atoms with Crippen molar-refractivity contribution in [2.24, 2.45) is 0 Å². The lowest BCUT2D eigenvalue weighted by molar-refractivity contribution is 0.101. The van der Waals surface area contributed by atoms with Crippen molar-refractivity contribution in [1.82, 2.24) is 0 Å². The maximum atomic E-state index is 11.2. The first-order valence-corrected chi connectivity index (χ1v) is 5.33.